The lowest BCUT2D eigenvalue weighted by Gasteiger charge is -2.08. The fourth-order valence-electron chi connectivity index (χ4n) is 0.985. The summed E-state index contributed by atoms with van der Waals surface area (Å²) in [5.74, 6) is -0.521. The average Bonchev–Trinajstić information content (AvgIpc) is 2.24. The molecule has 0 aliphatic heterocycles. The van der Waals surface area contributed by atoms with Crippen molar-refractivity contribution in [1.82, 2.24) is 0 Å². The van der Waals surface area contributed by atoms with Gasteiger partial charge in [0.25, 0.3) is 0 Å². The Hall–Kier alpha value is -2.35. The second-order valence-corrected chi connectivity index (χ2v) is 3.08. The number of phenols is 3. The van der Waals surface area contributed by atoms with Gasteiger partial charge in [0.2, 0.25) is 0 Å². The zero-order chi connectivity index (χ0) is 12.3. The highest BCUT2D eigenvalue weighted by Crippen LogP contribution is 2.35. The number of carbonyl (C=O) groups is 1. The first-order valence-corrected chi connectivity index (χ1v) is 4.37. The predicted molar refractivity (Wildman–Crippen MR) is 55.1 cm³/mol. The van der Waals surface area contributed by atoms with Crippen LogP contribution in [-0.2, 0) is 4.74 Å². The largest absolute Gasteiger partial charge is 0.504 e. The molecule has 16 heavy (non-hydrogen) atoms. The first kappa shape index (κ1) is 11.7. The summed E-state index contributed by atoms with van der Waals surface area (Å²) in [5, 5.41) is 27.4. The summed E-state index contributed by atoms with van der Waals surface area (Å²) in [6.45, 7) is 1.50. The number of aromatic hydroxyl groups is 3. The van der Waals surface area contributed by atoms with Crippen LogP contribution in [0.3, 0.4) is 0 Å². The molecule has 5 heteroatoms. The smallest absolute Gasteiger partial charge is 0.339 e. The molecule has 1 unspecified atom stereocenters. The Morgan fingerprint density at radius 2 is 1.88 bits per heavy atom. The number of esters is 1. The van der Waals surface area contributed by atoms with Gasteiger partial charge >= 0.3 is 5.97 Å². The Kier molecular flexibility index (Phi) is 3.26. The van der Waals surface area contributed by atoms with Crippen molar-refractivity contribution in [1.29, 1.82) is 0 Å². The van der Waals surface area contributed by atoms with Crippen molar-refractivity contribution >= 4 is 5.97 Å². The van der Waals surface area contributed by atoms with Gasteiger partial charge in [-0.3, -0.25) is 0 Å². The fraction of sp³-hybridized carbons (Fsp3) is 0.182. The molecule has 0 saturated carbocycles. The van der Waals surface area contributed by atoms with Crippen LogP contribution in [0, 0.1) is 12.3 Å². The zero-order valence-corrected chi connectivity index (χ0v) is 8.47. The maximum atomic E-state index is 11.4. The predicted octanol–water partition coefficient (Wildman–Crippen LogP) is 0.982. The monoisotopic (exact) mass is 222 g/mol. The van der Waals surface area contributed by atoms with E-state index in [-0.39, 0.29) is 5.56 Å². The molecular weight excluding hydrogens is 212 g/mol. The van der Waals surface area contributed by atoms with E-state index in [1.54, 1.807) is 0 Å². The minimum absolute atomic E-state index is 0.102. The van der Waals surface area contributed by atoms with E-state index in [1.807, 2.05) is 0 Å². The average molecular weight is 222 g/mol. The van der Waals surface area contributed by atoms with Crippen molar-refractivity contribution in [2.45, 2.75) is 13.0 Å². The van der Waals surface area contributed by atoms with E-state index in [0.717, 1.165) is 12.1 Å². The van der Waals surface area contributed by atoms with Gasteiger partial charge < -0.3 is 20.1 Å². The van der Waals surface area contributed by atoms with Gasteiger partial charge in [-0.2, -0.15) is 0 Å². The van der Waals surface area contributed by atoms with Gasteiger partial charge in [0.15, 0.2) is 23.4 Å². The summed E-state index contributed by atoms with van der Waals surface area (Å²) in [5.41, 5.74) is -0.102. The van der Waals surface area contributed by atoms with Crippen molar-refractivity contribution < 1.29 is 24.9 Å². The minimum atomic E-state index is -0.795. The second-order valence-electron chi connectivity index (χ2n) is 3.08. The number of terminal acetylenes is 1. The number of carbonyl (C=O) groups excluding carboxylic acids is 1. The Labute approximate surface area is 91.9 Å². The summed E-state index contributed by atoms with van der Waals surface area (Å²) in [4.78, 5) is 11.4. The summed E-state index contributed by atoms with van der Waals surface area (Å²) in [7, 11) is 0. The number of rotatable bonds is 2. The van der Waals surface area contributed by atoms with Gasteiger partial charge in [-0.05, 0) is 19.1 Å². The van der Waals surface area contributed by atoms with E-state index >= 15 is 0 Å². The minimum Gasteiger partial charge on any atom is -0.504 e. The number of hydrogen-bond acceptors (Lipinski definition) is 5. The summed E-state index contributed by atoms with van der Waals surface area (Å²) in [6, 6.07) is 1.95. The first-order chi connectivity index (χ1) is 7.45. The second kappa shape index (κ2) is 4.45. The van der Waals surface area contributed by atoms with Gasteiger partial charge in [0.05, 0.1) is 5.56 Å². The van der Waals surface area contributed by atoms with Crippen molar-refractivity contribution in [2.24, 2.45) is 0 Å². The Bertz CT molecular complexity index is 435. The standard InChI is InChI=1S/C11H10O5/c1-3-6(2)16-11(15)7-4-8(12)10(14)9(13)5-7/h1,4-6,12-14H,2H3. The molecule has 0 fully saturated rings. The molecule has 0 radical (unpaired) electrons. The molecule has 1 atom stereocenters. The molecule has 1 rings (SSSR count). The molecule has 1 aromatic carbocycles. The van der Waals surface area contributed by atoms with Crippen LogP contribution in [0.5, 0.6) is 17.2 Å². The summed E-state index contributed by atoms with van der Waals surface area (Å²) >= 11 is 0. The van der Waals surface area contributed by atoms with Gasteiger partial charge in [-0.25, -0.2) is 4.79 Å². The summed E-state index contributed by atoms with van der Waals surface area (Å²) in [6.07, 6.45) is 4.30. The molecule has 0 amide bonds. The fourth-order valence-corrected chi connectivity index (χ4v) is 0.985. The van der Waals surface area contributed by atoms with Crippen LogP contribution in [0.1, 0.15) is 17.3 Å². The molecule has 0 bridgehead atoms. The van der Waals surface area contributed by atoms with E-state index in [9.17, 15) is 4.79 Å². The third-order valence-electron chi connectivity index (χ3n) is 1.82. The van der Waals surface area contributed by atoms with Crippen LogP contribution in [-0.4, -0.2) is 27.4 Å². The maximum Gasteiger partial charge on any atom is 0.339 e. The highest BCUT2D eigenvalue weighted by molar-refractivity contribution is 5.91. The van der Waals surface area contributed by atoms with E-state index in [2.05, 4.69) is 5.92 Å². The van der Waals surface area contributed by atoms with Crippen LogP contribution in [0.15, 0.2) is 12.1 Å². The van der Waals surface area contributed by atoms with E-state index in [1.165, 1.54) is 6.92 Å². The molecule has 0 spiro atoms. The molecule has 0 aliphatic carbocycles. The molecule has 0 aliphatic rings. The van der Waals surface area contributed by atoms with Gasteiger partial charge in [0.1, 0.15) is 0 Å². The van der Waals surface area contributed by atoms with Crippen molar-refractivity contribution in [3.05, 3.63) is 17.7 Å². The lowest BCUT2D eigenvalue weighted by Crippen LogP contribution is -2.12. The van der Waals surface area contributed by atoms with E-state index in [0.29, 0.717) is 0 Å². The Balaban J connectivity index is 2.98. The molecule has 0 aromatic heterocycles. The van der Waals surface area contributed by atoms with Crippen LogP contribution >= 0.6 is 0 Å². The maximum absolute atomic E-state index is 11.4. The summed E-state index contributed by atoms with van der Waals surface area (Å²) < 4.78 is 4.76. The van der Waals surface area contributed by atoms with Crippen molar-refractivity contribution in [3.63, 3.8) is 0 Å². The molecule has 84 valence electrons. The van der Waals surface area contributed by atoms with E-state index in [4.69, 9.17) is 26.5 Å². The normalized spacial score (nSPS) is 11.5. The Morgan fingerprint density at radius 1 is 1.38 bits per heavy atom. The van der Waals surface area contributed by atoms with Crippen LogP contribution in [0.2, 0.25) is 0 Å². The molecule has 5 nitrogen and oxygen atoms in total. The number of phenolic OH excluding ortho intramolecular Hbond substituents is 3. The molecule has 0 saturated heterocycles. The van der Waals surface area contributed by atoms with Crippen LogP contribution in [0.4, 0.5) is 0 Å². The molecule has 3 N–H and O–H groups in total. The van der Waals surface area contributed by atoms with Crippen LogP contribution < -0.4 is 0 Å². The third kappa shape index (κ3) is 2.36. The SMILES string of the molecule is C#CC(C)OC(=O)c1cc(O)c(O)c(O)c1. The molecule has 1 aromatic rings. The molecular formula is C11H10O5. The van der Waals surface area contributed by atoms with Crippen molar-refractivity contribution in [2.75, 3.05) is 0 Å². The van der Waals surface area contributed by atoms with Gasteiger partial charge in [0, 0.05) is 0 Å². The lowest BCUT2D eigenvalue weighted by atomic mass is 10.2. The van der Waals surface area contributed by atoms with Crippen molar-refractivity contribution in [3.8, 4) is 29.6 Å². The number of benzene rings is 1. The van der Waals surface area contributed by atoms with Gasteiger partial charge in [-0.15, -0.1) is 6.42 Å². The van der Waals surface area contributed by atoms with Gasteiger partial charge in [-0.1, -0.05) is 5.92 Å². The molecule has 0 heterocycles. The number of ether oxygens (including phenoxy) is 1. The number of hydrogen-bond donors (Lipinski definition) is 3. The topological polar surface area (TPSA) is 87.0 Å². The van der Waals surface area contributed by atoms with E-state index < -0.39 is 29.3 Å². The first-order valence-electron chi connectivity index (χ1n) is 4.37. The highest BCUT2D eigenvalue weighted by atomic mass is 16.5. The quantitative estimate of drug-likeness (QED) is 0.394. The lowest BCUT2D eigenvalue weighted by molar-refractivity contribution is 0.0438. The highest BCUT2D eigenvalue weighted by Gasteiger charge is 2.15. The third-order valence-corrected chi connectivity index (χ3v) is 1.82. The van der Waals surface area contributed by atoms with Crippen LogP contribution in [0.25, 0.3) is 0 Å². The Morgan fingerprint density at radius 3 is 2.31 bits per heavy atom. The zero-order valence-electron chi connectivity index (χ0n) is 8.47.